The summed E-state index contributed by atoms with van der Waals surface area (Å²) < 4.78 is 23.4. The molecule has 7 heteroatoms. The van der Waals surface area contributed by atoms with Crippen LogP contribution in [-0.2, 0) is 14.3 Å². The Morgan fingerprint density at radius 3 is 2.78 bits per heavy atom. The molecule has 1 aromatic heterocycles. The van der Waals surface area contributed by atoms with Crippen LogP contribution in [0.2, 0.25) is 0 Å². The van der Waals surface area contributed by atoms with E-state index in [-0.39, 0.29) is 18.4 Å². The Labute approximate surface area is 137 Å². The van der Waals surface area contributed by atoms with E-state index in [4.69, 9.17) is 9.15 Å². The van der Waals surface area contributed by atoms with E-state index in [1.165, 1.54) is 12.3 Å². The van der Waals surface area contributed by atoms with Gasteiger partial charge in [0, 0.05) is 4.90 Å². The molecule has 2 rings (SSSR count). The van der Waals surface area contributed by atoms with Gasteiger partial charge in [-0.3, -0.25) is 9.59 Å². The van der Waals surface area contributed by atoms with E-state index >= 15 is 0 Å². The highest BCUT2D eigenvalue weighted by molar-refractivity contribution is 8.00. The van der Waals surface area contributed by atoms with Gasteiger partial charge in [-0.1, -0.05) is 12.1 Å². The normalized spacial score (nSPS) is 11.7. The summed E-state index contributed by atoms with van der Waals surface area (Å²) >= 11 is 1.02. The maximum Gasteiger partial charge on any atom is 0.316 e. The number of furan rings is 1. The van der Waals surface area contributed by atoms with Crippen molar-refractivity contribution < 1.29 is 23.1 Å². The second kappa shape index (κ2) is 8.38. The number of hydrogen-bond donors (Lipinski definition) is 1. The third-order valence-electron chi connectivity index (χ3n) is 2.89. The second-order valence-corrected chi connectivity index (χ2v) is 5.70. The van der Waals surface area contributed by atoms with E-state index < -0.39 is 17.7 Å². The first-order chi connectivity index (χ1) is 11.1. The number of ether oxygens (including phenoxy) is 1. The minimum absolute atomic E-state index is 0.0675. The molecule has 1 N–H and O–H groups in total. The number of benzene rings is 1. The number of esters is 1. The number of thioether (sulfide) groups is 1. The van der Waals surface area contributed by atoms with E-state index in [0.29, 0.717) is 10.7 Å². The lowest BCUT2D eigenvalue weighted by molar-refractivity contribution is -0.146. The van der Waals surface area contributed by atoms with Gasteiger partial charge in [-0.2, -0.15) is 0 Å². The molecule has 1 heterocycles. The molecule has 0 radical (unpaired) electrons. The molecule has 0 aliphatic rings. The molecule has 0 aliphatic heterocycles. The summed E-state index contributed by atoms with van der Waals surface area (Å²) in [6.45, 7) is 1.37. The fraction of sp³-hybridized carbons (Fsp3) is 0.250. The smallest absolute Gasteiger partial charge is 0.316 e. The molecule has 0 aliphatic carbocycles. The van der Waals surface area contributed by atoms with Gasteiger partial charge < -0.3 is 14.5 Å². The van der Waals surface area contributed by atoms with Crippen LogP contribution in [0, 0.1) is 5.82 Å². The van der Waals surface area contributed by atoms with Gasteiger partial charge in [-0.05, 0) is 31.2 Å². The van der Waals surface area contributed by atoms with Gasteiger partial charge in [0.25, 0.3) is 5.91 Å². The Morgan fingerprint density at radius 2 is 2.09 bits per heavy atom. The molecular formula is C16H16FNO4S. The molecule has 0 bridgehead atoms. The predicted octanol–water partition coefficient (Wildman–Crippen LogP) is 2.93. The van der Waals surface area contributed by atoms with E-state index in [1.807, 2.05) is 0 Å². The van der Waals surface area contributed by atoms with E-state index in [1.54, 1.807) is 37.3 Å². The molecule has 122 valence electrons. The van der Waals surface area contributed by atoms with Crippen LogP contribution in [0.25, 0.3) is 0 Å². The lowest BCUT2D eigenvalue weighted by atomic mass is 10.2. The van der Waals surface area contributed by atoms with Crippen LogP contribution < -0.4 is 5.32 Å². The van der Waals surface area contributed by atoms with Crippen molar-refractivity contribution in [2.24, 2.45) is 0 Å². The summed E-state index contributed by atoms with van der Waals surface area (Å²) in [6, 6.07) is 9.29. The van der Waals surface area contributed by atoms with Crippen molar-refractivity contribution in [1.29, 1.82) is 0 Å². The largest absolute Gasteiger partial charge is 0.467 e. The maximum absolute atomic E-state index is 13.4. The van der Waals surface area contributed by atoms with Crippen molar-refractivity contribution >= 4 is 23.6 Å². The van der Waals surface area contributed by atoms with E-state index in [2.05, 4.69) is 5.32 Å². The molecule has 0 spiro atoms. The first-order valence-corrected chi connectivity index (χ1v) is 7.90. The summed E-state index contributed by atoms with van der Waals surface area (Å²) in [5, 5.41) is 2.64. The SMILES string of the molecule is C[C@@H](NC(=O)COC(=O)CSc1ccccc1F)c1ccco1. The van der Waals surface area contributed by atoms with Crippen LogP contribution in [0.5, 0.6) is 0 Å². The number of rotatable bonds is 7. The Bertz CT molecular complexity index is 660. The Morgan fingerprint density at radius 1 is 1.30 bits per heavy atom. The summed E-state index contributed by atoms with van der Waals surface area (Å²) in [5.74, 6) is -0.866. The zero-order valence-electron chi connectivity index (χ0n) is 12.5. The van der Waals surface area contributed by atoms with Gasteiger partial charge in [-0.25, -0.2) is 4.39 Å². The second-order valence-electron chi connectivity index (χ2n) is 4.68. The topological polar surface area (TPSA) is 68.5 Å². The van der Waals surface area contributed by atoms with E-state index in [9.17, 15) is 14.0 Å². The molecule has 23 heavy (non-hydrogen) atoms. The molecule has 2 aromatic rings. The molecule has 5 nitrogen and oxygen atoms in total. The summed E-state index contributed by atoms with van der Waals surface area (Å²) in [5.41, 5.74) is 0. The predicted molar refractivity (Wildman–Crippen MR) is 83.3 cm³/mol. The molecule has 1 amide bonds. The van der Waals surface area contributed by atoms with Gasteiger partial charge >= 0.3 is 5.97 Å². The first-order valence-electron chi connectivity index (χ1n) is 6.92. The number of carbonyl (C=O) groups is 2. The molecular weight excluding hydrogens is 321 g/mol. The highest BCUT2D eigenvalue weighted by Crippen LogP contribution is 2.21. The van der Waals surface area contributed by atoms with Crippen LogP contribution >= 0.6 is 11.8 Å². The van der Waals surface area contributed by atoms with Crippen LogP contribution in [-0.4, -0.2) is 24.2 Å². The van der Waals surface area contributed by atoms with E-state index in [0.717, 1.165) is 11.8 Å². The quantitative estimate of drug-likeness (QED) is 0.621. The third kappa shape index (κ3) is 5.45. The molecule has 0 saturated carbocycles. The van der Waals surface area contributed by atoms with Crippen LogP contribution in [0.4, 0.5) is 4.39 Å². The summed E-state index contributed by atoms with van der Waals surface area (Å²) in [7, 11) is 0. The number of carbonyl (C=O) groups excluding carboxylic acids is 2. The molecule has 0 unspecified atom stereocenters. The highest BCUT2D eigenvalue weighted by atomic mass is 32.2. The monoisotopic (exact) mass is 337 g/mol. The lowest BCUT2D eigenvalue weighted by Crippen LogP contribution is -2.31. The first kappa shape index (κ1) is 17.1. The number of halogens is 1. The zero-order valence-corrected chi connectivity index (χ0v) is 13.3. The minimum Gasteiger partial charge on any atom is -0.467 e. The average molecular weight is 337 g/mol. The summed E-state index contributed by atoms with van der Waals surface area (Å²) in [4.78, 5) is 23.6. The van der Waals surface area contributed by atoms with Gasteiger partial charge in [0.05, 0.1) is 18.1 Å². The maximum atomic E-state index is 13.4. The molecule has 0 saturated heterocycles. The minimum atomic E-state index is -0.584. The van der Waals surface area contributed by atoms with Crippen molar-refractivity contribution in [3.05, 3.63) is 54.2 Å². The van der Waals surface area contributed by atoms with Crippen molar-refractivity contribution in [3.8, 4) is 0 Å². The lowest BCUT2D eigenvalue weighted by Gasteiger charge is -2.11. The van der Waals surface area contributed by atoms with Crippen LogP contribution in [0.1, 0.15) is 18.7 Å². The number of amides is 1. The Kier molecular flexibility index (Phi) is 6.22. The molecule has 1 atom stereocenters. The van der Waals surface area contributed by atoms with Gasteiger partial charge in [0.2, 0.25) is 0 Å². The van der Waals surface area contributed by atoms with Crippen LogP contribution in [0.3, 0.4) is 0 Å². The van der Waals surface area contributed by atoms with Gasteiger partial charge in [0.1, 0.15) is 11.6 Å². The van der Waals surface area contributed by atoms with Crippen molar-refractivity contribution in [2.45, 2.75) is 17.9 Å². The van der Waals surface area contributed by atoms with Gasteiger partial charge in [0.15, 0.2) is 6.61 Å². The Hall–Kier alpha value is -2.28. The zero-order chi connectivity index (χ0) is 16.7. The Balaban J connectivity index is 1.70. The van der Waals surface area contributed by atoms with Crippen molar-refractivity contribution in [3.63, 3.8) is 0 Å². The molecule has 1 aromatic carbocycles. The fourth-order valence-corrected chi connectivity index (χ4v) is 2.52. The average Bonchev–Trinajstić information content (AvgIpc) is 3.06. The molecule has 0 fully saturated rings. The van der Waals surface area contributed by atoms with Crippen molar-refractivity contribution in [1.82, 2.24) is 5.32 Å². The summed E-state index contributed by atoms with van der Waals surface area (Å²) in [6.07, 6.45) is 1.51. The standard InChI is InChI=1S/C16H16FNO4S/c1-11(13-6-4-8-21-13)18-15(19)9-22-16(20)10-23-14-7-3-2-5-12(14)17/h2-8,11H,9-10H2,1H3,(H,18,19)/t11-/m1/s1. The van der Waals surface area contributed by atoms with Gasteiger partial charge in [-0.15, -0.1) is 11.8 Å². The van der Waals surface area contributed by atoms with Crippen molar-refractivity contribution in [2.75, 3.05) is 12.4 Å². The number of hydrogen-bond acceptors (Lipinski definition) is 5. The number of nitrogens with one attached hydrogen (secondary N) is 1. The van der Waals surface area contributed by atoms with Crippen LogP contribution in [0.15, 0.2) is 52.0 Å². The highest BCUT2D eigenvalue weighted by Gasteiger charge is 2.14. The fourth-order valence-electron chi connectivity index (χ4n) is 1.78. The third-order valence-corrected chi connectivity index (χ3v) is 3.92.